The summed E-state index contributed by atoms with van der Waals surface area (Å²) in [5, 5.41) is 2.89. The fourth-order valence-electron chi connectivity index (χ4n) is 1.37. The van der Waals surface area contributed by atoms with E-state index in [1.54, 1.807) is 6.08 Å². The van der Waals surface area contributed by atoms with Crippen LogP contribution in [-0.4, -0.2) is 13.1 Å². The molecule has 2 nitrogen and oxygen atoms in total. The molecule has 0 fully saturated rings. The molecule has 0 saturated heterocycles. The van der Waals surface area contributed by atoms with Gasteiger partial charge in [0.1, 0.15) is 11.6 Å². The average molecular weight is 212 g/mol. The van der Waals surface area contributed by atoms with Gasteiger partial charge in [0.25, 0.3) is 0 Å². The molecule has 82 valence electrons. The normalized spacial score (nSPS) is 12.5. The number of hydrogen-bond donors (Lipinski definition) is 2. The molecule has 0 aliphatic carbocycles. The molecule has 0 amide bonds. The lowest BCUT2D eigenvalue weighted by molar-refractivity contribution is 0.486. The summed E-state index contributed by atoms with van der Waals surface area (Å²) in [4.78, 5) is 0. The Hall–Kier alpha value is -1.26. The van der Waals surface area contributed by atoms with Crippen molar-refractivity contribution in [3.63, 3.8) is 0 Å². The highest BCUT2D eigenvalue weighted by Gasteiger charge is 2.17. The van der Waals surface area contributed by atoms with E-state index in [0.29, 0.717) is 6.54 Å². The molecule has 3 N–H and O–H groups in total. The van der Waals surface area contributed by atoms with Crippen LogP contribution in [0.25, 0.3) is 0 Å². The van der Waals surface area contributed by atoms with Crippen LogP contribution in [0, 0.1) is 11.6 Å². The smallest absolute Gasteiger partial charge is 0.130 e. The molecule has 1 rings (SSSR count). The fraction of sp³-hybridized carbons (Fsp3) is 0.273. The molecule has 0 heterocycles. The van der Waals surface area contributed by atoms with Crippen molar-refractivity contribution < 1.29 is 8.78 Å². The predicted molar refractivity (Wildman–Crippen MR) is 56.4 cm³/mol. The standard InChI is InChI=1S/C11H14F2N2/c1-2-6-15-10(7-14)11-8(12)4-3-5-9(11)13/h2-5,10,15H,1,6-7,14H2. The van der Waals surface area contributed by atoms with Crippen molar-refractivity contribution in [2.24, 2.45) is 5.73 Å². The maximum absolute atomic E-state index is 13.4. The van der Waals surface area contributed by atoms with E-state index in [4.69, 9.17) is 5.73 Å². The lowest BCUT2D eigenvalue weighted by Gasteiger charge is -2.17. The van der Waals surface area contributed by atoms with Crippen molar-refractivity contribution in [3.8, 4) is 0 Å². The number of nitrogens with one attached hydrogen (secondary N) is 1. The minimum absolute atomic E-state index is 0.0122. The molecule has 1 unspecified atom stereocenters. The molecule has 4 heteroatoms. The highest BCUT2D eigenvalue weighted by Crippen LogP contribution is 2.19. The zero-order valence-electron chi connectivity index (χ0n) is 8.34. The quantitative estimate of drug-likeness (QED) is 0.729. The van der Waals surface area contributed by atoms with Crippen LogP contribution in [0.15, 0.2) is 30.9 Å². The van der Waals surface area contributed by atoms with Crippen LogP contribution in [0.3, 0.4) is 0 Å². The number of rotatable bonds is 5. The Kier molecular flexibility index (Phi) is 4.39. The summed E-state index contributed by atoms with van der Waals surface area (Å²) in [6.07, 6.45) is 1.61. The molecule has 0 aromatic heterocycles. The zero-order chi connectivity index (χ0) is 11.3. The first-order chi connectivity index (χ1) is 7.20. The van der Waals surface area contributed by atoms with Gasteiger partial charge in [-0.2, -0.15) is 0 Å². The monoisotopic (exact) mass is 212 g/mol. The van der Waals surface area contributed by atoms with Gasteiger partial charge in [-0.1, -0.05) is 12.1 Å². The lowest BCUT2D eigenvalue weighted by Crippen LogP contribution is -2.29. The molecule has 0 saturated carbocycles. The van der Waals surface area contributed by atoms with Crippen LogP contribution in [0.2, 0.25) is 0 Å². The third kappa shape index (κ3) is 2.84. The van der Waals surface area contributed by atoms with Crippen LogP contribution in [0.5, 0.6) is 0 Å². The molecule has 1 aromatic carbocycles. The highest BCUT2D eigenvalue weighted by atomic mass is 19.1. The number of hydrogen-bond acceptors (Lipinski definition) is 2. The Bertz CT molecular complexity index is 319. The summed E-state index contributed by atoms with van der Waals surface area (Å²) in [7, 11) is 0. The van der Waals surface area contributed by atoms with E-state index in [1.807, 2.05) is 0 Å². The van der Waals surface area contributed by atoms with Gasteiger partial charge in [0.2, 0.25) is 0 Å². The molecular formula is C11H14F2N2. The molecule has 15 heavy (non-hydrogen) atoms. The van der Waals surface area contributed by atoms with Crippen molar-refractivity contribution in [1.82, 2.24) is 5.32 Å². The van der Waals surface area contributed by atoms with Gasteiger partial charge in [0.05, 0.1) is 6.04 Å². The summed E-state index contributed by atoms with van der Waals surface area (Å²) in [5.74, 6) is -1.16. The first kappa shape index (κ1) is 11.8. The second kappa shape index (κ2) is 5.58. The predicted octanol–water partition coefficient (Wildman–Crippen LogP) is 1.74. The van der Waals surface area contributed by atoms with E-state index in [-0.39, 0.29) is 12.1 Å². The minimum Gasteiger partial charge on any atom is -0.329 e. The van der Waals surface area contributed by atoms with E-state index in [2.05, 4.69) is 11.9 Å². The van der Waals surface area contributed by atoms with Gasteiger partial charge in [0, 0.05) is 18.7 Å². The van der Waals surface area contributed by atoms with Gasteiger partial charge in [-0.25, -0.2) is 8.78 Å². The van der Waals surface area contributed by atoms with E-state index < -0.39 is 17.7 Å². The third-order valence-corrected chi connectivity index (χ3v) is 2.09. The second-order valence-electron chi connectivity index (χ2n) is 3.12. The van der Waals surface area contributed by atoms with Gasteiger partial charge < -0.3 is 11.1 Å². The Morgan fingerprint density at radius 2 is 2.00 bits per heavy atom. The van der Waals surface area contributed by atoms with Crippen molar-refractivity contribution >= 4 is 0 Å². The minimum atomic E-state index is -0.581. The summed E-state index contributed by atoms with van der Waals surface area (Å²) >= 11 is 0. The van der Waals surface area contributed by atoms with Gasteiger partial charge in [0.15, 0.2) is 0 Å². The van der Waals surface area contributed by atoms with Crippen LogP contribution in [0.1, 0.15) is 11.6 Å². The Balaban J connectivity index is 2.95. The zero-order valence-corrected chi connectivity index (χ0v) is 8.34. The molecule has 0 bridgehead atoms. The molecular weight excluding hydrogens is 198 g/mol. The van der Waals surface area contributed by atoms with Crippen LogP contribution < -0.4 is 11.1 Å². The lowest BCUT2D eigenvalue weighted by atomic mass is 10.1. The Labute approximate surface area is 87.8 Å². The second-order valence-corrected chi connectivity index (χ2v) is 3.12. The van der Waals surface area contributed by atoms with Crippen LogP contribution >= 0.6 is 0 Å². The Morgan fingerprint density at radius 1 is 1.40 bits per heavy atom. The first-order valence-electron chi connectivity index (χ1n) is 4.69. The molecule has 1 aromatic rings. The van der Waals surface area contributed by atoms with Crippen molar-refractivity contribution in [1.29, 1.82) is 0 Å². The summed E-state index contributed by atoms with van der Waals surface area (Å²) in [5.41, 5.74) is 5.44. The highest BCUT2D eigenvalue weighted by molar-refractivity contribution is 5.23. The first-order valence-corrected chi connectivity index (χ1v) is 4.69. The number of nitrogens with two attached hydrogens (primary N) is 1. The van der Waals surface area contributed by atoms with Crippen molar-refractivity contribution in [3.05, 3.63) is 48.1 Å². The van der Waals surface area contributed by atoms with Gasteiger partial charge in [-0.3, -0.25) is 0 Å². The third-order valence-electron chi connectivity index (χ3n) is 2.09. The van der Waals surface area contributed by atoms with E-state index in [1.165, 1.54) is 18.2 Å². The molecule has 0 aliphatic rings. The number of benzene rings is 1. The van der Waals surface area contributed by atoms with Gasteiger partial charge in [-0.05, 0) is 12.1 Å². The SMILES string of the molecule is C=CCNC(CN)c1c(F)cccc1F. The number of halogens is 2. The van der Waals surface area contributed by atoms with Gasteiger partial charge in [-0.15, -0.1) is 6.58 Å². The van der Waals surface area contributed by atoms with E-state index in [9.17, 15) is 8.78 Å². The Morgan fingerprint density at radius 3 is 2.47 bits per heavy atom. The molecule has 0 radical (unpaired) electrons. The molecule has 0 spiro atoms. The van der Waals surface area contributed by atoms with Crippen LogP contribution in [-0.2, 0) is 0 Å². The topological polar surface area (TPSA) is 38.0 Å². The van der Waals surface area contributed by atoms with Gasteiger partial charge >= 0.3 is 0 Å². The summed E-state index contributed by atoms with van der Waals surface area (Å²) in [6, 6.07) is 3.24. The van der Waals surface area contributed by atoms with E-state index in [0.717, 1.165) is 0 Å². The largest absolute Gasteiger partial charge is 0.329 e. The summed E-state index contributed by atoms with van der Waals surface area (Å²) < 4.78 is 26.7. The fourth-order valence-corrected chi connectivity index (χ4v) is 1.37. The average Bonchev–Trinajstić information content (AvgIpc) is 2.22. The van der Waals surface area contributed by atoms with E-state index >= 15 is 0 Å². The molecule has 1 atom stereocenters. The van der Waals surface area contributed by atoms with Crippen LogP contribution in [0.4, 0.5) is 8.78 Å². The van der Waals surface area contributed by atoms with Crippen molar-refractivity contribution in [2.45, 2.75) is 6.04 Å². The molecule has 0 aliphatic heterocycles. The van der Waals surface area contributed by atoms with Crippen molar-refractivity contribution in [2.75, 3.05) is 13.1 Å². The summed E-state index contributed by atoms with van der Waals surface area (Å²) in [6.45, 7) is 4.10. The maximum atomic E-state index is 13.4. The maximum Gasteiger partial charge on any atom is 0.130 e.